The molecule has 3 rings (SSSR count). The highest BCUT2D eigenvalue weighted by Gasteiger charge is 3.03. The minimum Gasteiger partial charge on any atom is -0.465 e. The van der Waals surface area contributed by atoms with Crippen molar-refractivity contribution in [3.63, 3.8) is 0 Å². The van der Waals surface area contributed by atoms with Crippen LogP contribution >= 0.6 is 0 Å². The number of benzene rings is 2. The minimum absolute atomic E-state index is 0.0908. The van der Waals surface area contributed by atoms with Crippen LogP contribution in [0.15, 0.2) is 48.5 Å². The molecule has 2 atom stereocenters. The number of hydrogen-bond acceptors (Lipinski definition) is 6. The predicted molar refractivity (Wildman–Crippen MR) is 94.4 cm³/mol. The van der Waals surface area contributed by atoms with Gasteiger partial charge in [-0.05, 0) is 48.5 Å². The van der Waals surface area contributed by atoms with E-state index in [2.05, 4.69) is 18.9 Å². The molecule has 0 N–H and O–H groups in total. The highest BCUT2D eigenvalue weighted by molar-refractivity contribution is 5.89. The zero-order valence-corrected chi connectivity index (χ0v) is 16.3. The Labute approximate surface area is 176 Å². The summed E-state index contributed by atoms with van der Waals surface area (Å²) in [6.45, 7) is 0. The molecule has 0 radical (unpaired) electrons. The fourth-order valence-corrected chi connectivity index (χ4v) is 2.88. The summed E-state index contributed by atoms with van der Waals surface area (Å²) in [5.74, 6) is -24.4. The largest absolute Gasteiger partial charge is 0.465 e. The maximum absolute atomic E-state index is 15.1. The van der Waals surface area contributed by atoms with Gasteiger partial charge in [0.1, 0.15) is 11.5 Å². The molecule has 0 aromatic heterocycles. The number of carbonyl (C=O) groups is 2. The quantitative estimate of drug-likeness (QED) is 0.468. The average molecular weight is 464 g/mol. The molecule has 1 aliphatic rings. The lowest BCUT2D eigenvalue weighted by Crippen LogP contribution is -2.89. The molecule has 0 saturated heterocycles. The van der Waals surface area contributed by atoms with Gasteiger partial charge in [0.2, 0.25) is 0 Å². The number of hydrogen-bond donors (Lipinski definition) is 0. The molecule has 0 amide bonds. The topological polar surface area (TPSA) is 71.1 Å². The normalized spacial score (nSPS) is 25.2. The van der Waals surface area contributed by atoms with Crippen molar-refractivity contribution >= 4 is 11.9 Å². The third kappa shape index (κ3) is 3.12. The van der Waals surface area contributed by atoms with Crippen molar-refractivity contribution in [2.45, 2.75) is 23.6 Å². The van der Waals surface area contributed by atoms with Gasteiger partial charge in [0.15, 0.2) is 0 Å². The molecule has 0 unspecified atom stereocenters. The van der Waals surface area contributed by atoms with Crippen LogP contribution in [0.5, 0.6) is 11.5 Å². The zero-order valence-electron chi connectivity index (χ0n) is 16.3. The summed E-state index contributed by atoms with van der Waals surface area (Å²) >= 11 is 0. The molecule has 32 heavy (non-hydrogen) atoms. The van der Waals surface area contributed by atoms with Crippen LogP contribution in [-0.4, -0.2) is 49.7 Å². The summed E-state index contributed by atoms with van der Waals surface area (Å²) in [5, 5.41) is 0. The zero-order chi connectivity index (χ0) is 23.9. The molecule has 0 aliphatic heterocycles. The Hall–Kier alpha value is -3.44. The van der Waals surface area contributed by atoms with Gasteiger partial charge in [0, 0.05) is 0 Å². The molecule has 2 aromatic carbocycles. The van der Waals surface area contributed by atoms with E-state index in [1.165, 1.54) is 0 Å². The monoisotopic (exact) mass is 464 g/mol. The van der Waals surface area contributed by atoms with E-state index < -0.39 is 47.0 Å². The first-order valence-corrected chi connectivity index (χ1v) is 8.73. The minimum atomic E-state index is -5.62. The Morgan fingerprint density at radius 1 is 0.594 bits per heavy atom. The molecule has 2 aromatic rings. The van der Waals surface area contributed by atoms with Crippen molar-refractivity contribution < 1.29 is 54.9 Å². The van der Waals surface area contributed by atoms with Crippen molar-refractivity contribution in [2.24, 2.45) is 0 Å². The van der Waals surface area contributed by atoms with E-state index in [9.17, 15) is 27.2 Å². The molecule has 12 heteroatoms. The summed E-state index contributed by atoms with van der Waals surface area (Å²) < 4.78 is 104. The van der Waals surface area contributed by atoms with Crippen molar-refractivity contribution in [1.82, 2.24) is 0 Å². The van der Waals surface area contributed by atoms with Gasteiger partial charge < -0.3 is 18.9 Å². The average Bonchev–Trinajstić information content (AvgIpc) is 2.78. The molecule has 1 aliphatic carbocycles. The SMILES string of the molecule is COC(=O)c1ccc(O[C@]2(F)C(F)(F)C(F)(F)[C@@]2(F)Oc2ccc(C(=O)OC)cc2)cc1. The third-order valence-corrected chi connectivity index (χ3v) is 4.68. The van der Waals surface area contributed by atoms with E-state index in [1.54, 1.807) is 0 Å². The second kappa shape index (κ2) is 7.61. The number of esters is 2. The first kappa shape index (κ1) is 23.2. The van der Waals surface area contributed by atoms with E-state index in [0.29, 0.717) is 0 Å². The van der Waals surface area contributed by atoms with Crippen LogP contribution < -0.4 is 9.47 Å². The van der Waals surface area contributed by atoms with E-state index in [1.807, 2.05) is 0 Å². The molecular formula is C20H14F6O6. The van der Waals surface area contributed by atoms with Crippen molar-refractivity contribution in [3.8, 4) is 11.5 Å². The molecule has 0 spiro atoms. The molecule has 1 saturated carbocycles. The number of ether oxygens (including phenoxy) is 4. The van der Waals surface area contributed by atoms with Crippen LogP contribution in [0.1, 0.15) is 20.7 Å². The maximum Gasteiger partial charge on any atom is 0.395 e. The highest BCUT2D eigenvalue weighted by atomic mass is 19.3. The van der Waals surface area contributed by atoms with Crippen LogP contribution in [0, 0.1) is 0 Å². The van der Waals surface area contributed by atoms with E-state index in [0.717, 1.165) is 62.8 Å². The van der Waals surface area contributed by atoms with Gasteiger partial charge >= 0.3 is 35.5 Å². The van der Waals surface area contributed by atoms with Gasteiger partial charge in [0.25, 0.3) is 0 Å². The summed E-state index contributed by atoms with van der Waals surface area (Å²) in [5.41, 5.74) is -0.182. The first-order valence-electron chi connectivity index (χ1n) is 8.73. The van der Waals surface area contributed by atoms with E-state index in [4.69, 9.17) is 0 Å². The Balaban J connectivity index is 1.92. The lowest BCUT2D eigenvalue weighted by Gasteiger charge is -2.55. The predicted octanol–water partition coefficient (Wildman–Crippen LogP) is 4.33. The van der Waals surface area contributed by atoms with Crippen molar-refractivity contribution in [1.29, 1.82) is 0 Å². The Morgan fingerprint density at radius 2 is 0.875 bits per heavy atom. The first-order chi connectivity index (χ1) is 14.8. The van der Waals surface area contributed by atoms with E-state index >= 15 is 8.78 Å². The van der Waals surface area contributed by atoms with Gasteiger partial charge in [-0.2, -0.15) is 26.3 Å². The fraction of sp³-hybridized carbons (Fsp3) is 0.300. The third-order valence-electron chi connectivity index (χ3n) is 4.68. The summed E-state index contributed by atoms with van der Waals surface area (Å²) in [6, 6.07) is 6.99. The Bertz CT molecular complexity index is 942. The highest BCUT2D eigenvalue weighted by Crippen LogP contribution is 2.68. The van der Waals surface area contributed by atoms with Gasteiger partial charge in [-0.1, -0.05) is 0 Å². The molecule has 172 valence electrons. The number of alkyl halides is 6. The van der Waals surface area contributed by atoms with Gasteiger partial charge in [-0.15, -0.1) is 0 Å². The summed E-state index contributed by atoms with van der Waals surface area (Å²) in [4.78, 5) is 22.8. The standard InChI is InChI=1S/C20H14F6O6/c1-29-15(27)11-3-7-13(8-4-11)31-19(25)17(21,22)18(23,24)20(19,26)32-14-9-5-12(6-10-14)16(28)30-2/h3-10H,1-2H3/t19-,20-/m1/s1. The van der Waals surface area contributed by atoms with E-state index in [-0.39, 0.29) is 11.1 Å². The maximum atomic E-state index is 15.1. The van der Waals surface area contributed by atoms with Crippen molar-refractivity contribution in [2.75, 3.05) is 14.2 Å². The number of methoxy groups -OCH3 is 2. The smallest absolute Gasteiger partial charge is 0.395 e. The van der Waals surface area contributed by atoms with Gasteiger partial charge in [-0.25, -0.2) is 9.59 Å². The summed E-state index contributed by atoms with van der Waals surface area (Å²) in [6.07, 6.45) is 0. The molecule has 6 nitrogen and oxygen atoms in total. The van der Waals surface area contributed by atoms with Crippen LogP contribution in [0.2, 0.25) is 0 Å². The van der Waals surface area contributed by atoms with Crippen LogP contribution in [0.3, 0.4) is 0 Å². The molecule has 0 heterocycles. The number of carbonyl (C=O) groups excluding carboxylic acids is 2. The van der Waals surface area contributed by atoms with Crippen molar-refractivity contribution in [3.05, 3.63) is 59.7 Å². The van der Waals surface area contributed by atoms with Gasteiger partial charge in [0.05, 0.1) is 25.3 Å². The number of halogens is 6. The number of rotatable bonds is 6. The lowest BCUT2D eigenvalue weighted by molar-refractivity contribution is -0.527. The Morgan fingerprint density at radius 3 is 1.12 bits per heavy atom. The van der Waals surface area contributed by atoms with Gasteiger partial charge in [-0.3, -0.25) is 0 Å². The molecular weight excluding hydrogens is 450 g/mol. The Kier molecular flexibility index (Phi) is 5.52. The molecule has 1 fully saturated rings. The summed E-state index contributed by atoms with van der Waals surface area (Å²) in [7, 11) is 2.12. The lowest BCUT2D eigenvalue weighted by atomic mass is 9.76. The molecule has 0 bridgehead atoms. The van der Waals surface area contributed by atoms with Crippen LogP contribution in [-0.2, 0) is 9.47 Å². The second-order valence-electron chi connectivity index (χ2n) is 6.58. The fourth-order valence-electron chi connectivity index (χ4n) is 2.88. The van der Waals surface area contributed by atoms with Crippen LogP contribution in [0.4, 0.5) is 26.3 Å². The van der Waals surface area contributed by atoms with Crippen LogP contribution in [0.25, 0.3) is 0 Å². The second-order valence-corrected chi connectivity index (χ2v) is 6.58.